The van der Waals surface area contributed by atoms with Crippen molar-refractivity contribution >= 4 is 11.8 Å². The fourth-order valence-corrected chi connectivity index (χ4v) is 3.54. The van der Waals surface area contributed by atoms with E-state index in [-0.39, 0.29) is 28.6 Å². The standard InChI is InChI=1S/C21H15F3N4O3S/c1-30-15-7-3-4-12(9-15)16-10-17(29)26-20(25-16)32-11-18-27-19(28-31-18)13-5-2-6-14(8-13)21(22,23)24/h2-10H,11H2,1H3,(H,25,26,29). The van der Waals surface area contributed by atoms with Gasteiger partial charge < -0.3 is 14.2 Å². The molecule has 0 aliphatic carbocycles. The zero-order valence-electron chi connectivity index (χ0n) is 16.5. The van der Waals surface area contributed by atoms with Crippen LogP contribution in [-0.2, 0) is 11.9 Å². The summed E-state index contributed by atoms with van der Waals surface area (Å²) in [5.74, 6) is 1.01. The predicted molar refractivity (Wildman–Crippen MR) is 111 cm³/mol. The molecule has 0 aliphatic heterocycles. The monoisotopic (exact) mass is 460 g/mol. The Morgan fingerprint density at radius 3 is 2.62 bits per heavy atom. The minimum absolute atomic E-state index is 0.0401. The van der Waals surface area contributed by atoms with Gasteiger partial charge in [-0.05, 0) is 24.3 Å². The van der Waals surface area contributed by atoms with Gasteiger partial charge in [-0.2, -0.15) is 18.2 Å². The topological polar surface area (TPSA) is 93.9 Å². The quantitative estimate of drug-likeness (QED) is 0.326. The number of benzene rings is 2. The van der Waals surface area contributed by atoms with Gasteiger partial charge in [-0.3, -0.25) is 4.79 Å². The summed E-state index contributed by atoms with van der Waals surface area (Å²) in [4.78, 5) is 23.3. The Morgan fingerprint density at radius 1 is 1.06 bits per heavy atom. The summed E-state index contributed by atoms with van der Waals surface area (Å²) in [7, 11) is 1.55. The van der Waals surface area contributed by atoms with Gasteiger partial charge in [-0.1, -0.05) is 41.2 Å². The first-order valence-corrected chi connectivity index (χ1v) is 10.2. The molecule has 2 aromatic heterocycles. The zero-order chi connectivity index (χ0) is 22.7. The maximum Gasteiger partial charge on any atom is 0.416 e. The van der Waals surface area contributed by atoms with Crippen molar-refractivity contribution in [1.29, 1.82) is 0 Å². The van der Waals surface area contributed by atoms with Crippen molar-refractivity contribution in [2.24, 2.45) is 0 Å². The largest absolute Gasteiger partial charge is 0.497 e. The van der Waals surface area contributed by atoms with Crippen molar-refractivity contribution < 1.29 is 22.4 Å². The summed E-state index contributed by atoms with van der Waals surface area (Å²) >= 11 is 1.15. The first-order valence-electron chi connectivity index (χ1n) is 9.20. The van der Waals surface area contributed by atoms with Crippen LogP contribution in [0.5, 0.6) is 5.75 Å². The lowest BCUT2D eigenvalue weighted by Gasteiger charge is -2.06. The Balaban J connectivity index is 1.51. The molecular weight excluding hydrogens is 445 g/mol. The molecule has 0 unspecified atom stereocenters. The van der Waals surface area contributed by atoms with Crippen LogP contribution in [-0.4, -0.2) is 27.2 Å². The minimum atomic E-state index is -4.47. The van der Waals surface area contributed by atoms with E-state index in [0.717, 1.165) is 23.9 Å². The van der Waals surface area contributed by atoms with Gasteiger partial charge >= 0.3 is 6.18 Å². The number of thioether (sulfide) groups is 1. The average Bonchev–Trinajstić information content (AvgIpc) is 3.26. The van der Waals surface area contributed by atoms with Crippen LogP contribution >= 0.6 is 11.8 Å². The highest BCUT2D eigenvalue weighted by Crippen LogP contribution is 2.32. The normalized spacial score (nSPS) is 11.5. The molecule has 1 N–H and O–H groups in total. The fourth-order valence-electron chi connectivity index (χ4n) is 2.83. The first kappa shape index (κ1) is 21.6. The Hall–Kier alpha value is -3.60. The highest BCUT2D eigenvalue weighted by molar-refractivity contribution is 7.98. The number of alkyl halides is 3. The third-order valence-corrected chi connectivity index (χ3v) is 5.19. The van der Waals surface area contributed by atoms with Crippen LogP contribution < -0.4 is 10.3 Å². The fraction of sp³-hybridized carbons (Fsp3) is 0.143. The van der Waals surface area contributed by atoms with Crippen molar-refractivity contribution in [3.63, 3.8) is 0 Å². The number of hydrogen-bond donors (Lipinski definition) is 1. The number of ether oxygens (including phenoxy) is 1. The molecule has 2 aromatic carbocycles. The Bertz CT molecular complexity index is 1300. The first-order chi connectivity index (χ1) is 15.3. The molecule has 2 heterocycles. The van der Waals surface area contributed by atoms with Gasteiger partial charge in [0.25, 0.3) is 5.56 Å². The second-order valence-electron chi connectivity index (χ2n) is 6.55. The number of halogens is 3. The van der Waals surface area contributed by atoms with Crippen LogP contribution in [0.2, 0.25) is 0 Å². The Kier molecular flexibility index (Phi) is 5.99. The predicted octanol–water partition coefficient (Wildman–Crippen LogP) is 4.81. The number of nitrogens with one attached hydrogen (secondary N) is 1. The molecule has 0 fully saturated rings. The third kappa shape index (κ3) is 4.99. The molecule has 4 rings (SSSR count). The summed E-state index contributed by atoms with van der Waals surface area (Å²) in [5, 5.41) is 4.08. The van der Waals surface area contributed by atoms with Crippen molar-refractivity contribution in [2.45, 2.75) is 17.1 Å². The van der Waals surface area contributed by atoms with Crippen molar-refractivity contribution in [1.82, 2.24) is 20.1 Å². The summed E-state index contributed by atoms with van der Waals surface area (Å²) in [6.07, 6.45) is -4.47. The van der Waals surface area contributed by atoms with Gasteiger partial charge in [0.2, 0.25) is 11.7 Å². The van der Waals surface area contributed by atoms with Gasteiger partial charge in [-0.15, -0.1) is 0 Å². The number of rotatable bonds is 6. The van der Waals surface area contributed by atoms with E-state index in [9.17, 15) is 18.0 Å². The lowest BCUT2D eigenvalue weighted by molar-refractivity contribution is -0.137. The van der Waals surface area contributed by atoms with E-state index in [4.69, 9.17) is 9.26 Å². The van der Waals surface area contributed by atoms with Crippen LogP contribution in [0.3, 0.4) is 0 Å². The van der Waals surface area contributed by atoms with E-state index < -0.39 is 11.7 Å². The van der Waals surface area contributed by atoms with Crippen LogP contribution in [0.1, 0.15) is 11.5 Å². The van der Waals surface area contributed by atoms with E-state index in [0.29, 0.717) is 22.2 Å². The Morgan fingerprint density at radius 2 is 1.84 bits per heavy atom. The molecular formula is C21H15F3N4O3S. The van der Waals surface area contributed by atoms with E-state index in [2.05, 4.69) is 20.1 Å². The molecule has 4 aromatic rings. The van der Waals surface area contributed by atoms with E-state index in [1.54, 1.807) is 31.4 Å². The van der Waals surface area contributed by atoms with E-state index >= 15 is 0 Å². The smallest absolute Gasteiger partial charge is 0.416 e. The van der Waals surface area contributed by atoms with Crippen molar-refractivity contribution in [3.8, 4) is 28.4 Å². The summed E-state index contributed by atoms with van der Waals surface area (Å²) in [6, 6.07) is 13.2. The van der Waals surface area contributed by atoms with Crippen molar-refractivity contribution in [2.75, 3.05) is 7.11 Å². The third-order valence-electron chi connectivity index (χ3n) is 4.33. The van der Waals surface area contributed by atoms with Crippen LogP contribution in [0.25, 0.3) is 22.6 Å². The summed E-state index contributed by atoms with van der Waals surface area (Å²) in [6.45, 7) is 0. The molecule has 0 atom stereocenters. The molecule has 11 heteroatoms. The van der Waals surface area contributed by atoms with Gasteiger partial charge in [0, 0.05) is 17.2 Å². The average molecular weight is 460 g/mol. The maximum atomic E-state index is 12.9. The highest BCUT2D eigenvalue weighted by Gasteiger charge is 2.30. The van der Waals surface area contributed by atoms with Gasteiger partial charge in [-0.25, -0.2) is 4.98 Å². The highest BCUT2D eigenvalue weighted by atomic mass is 32.2. The number of hydrogen-bond acceptors (Lipinski definition) is 7. The molecule has 0 saturated carbocycles. The molecule has 0 bridgehead atoms. The van der Waals surface area contributed by atoms with Gasteiger partial charge in [0.05, 0.1) is 24.1 Å². The minimum Gasteiger partial charge on any atom is -0.497 e. The molecule has 32 heavy (non-hydrogen) atoms. The van der Waals surface area contributed by atoms with Crippen LogP contribution in [0.15, 0.2) is 69.1 Å². The molecule has 164 valence electrons. The van der Waals surface area contributed by atoms with E-state index in [1.807, 2.05) is 0 Å². The number of aromatic amines is 1. The lowest BCUT2D eigenvalue weighted by atomic mass is 10.1. The molecule has 7 nitrogen and oxygen atoms in total. The van der Waals surface area contributed by atoms with Crippen molar-refractivity contribution in [3.05, 3.63) is 76.4 Å². The number of methoxy groups -OCH3 is 1. The second kappa shape index (κ2) is 8.87. The molecule has 0 spiro atoms. The number of H-pyrrole nitrogens is 1. The van der Waals surface area contributed by atoms with Gasteiger partial charge in [0.1, 0.15) is 5.75 Å². The molecule has 0 saturated heterocycles. The second-order valence-corrected chi connectivity index (χ2v) is 7.51. The molecule has 0 amide bonds. The van der Waals surface area contributed by atoms with Crippen LogP contribution in [0, 0.1) is 0 Å². The molecule has 0 aliphatic rings. The van der Waals surface area contributed by atoms with Crippen LogP contribution in [0.4, 0.5) is 13.2 Å². The summed E-state index contributed by atoms with van der Waals surface area (Å²) < 4.78 is 49.1. The Labute approximate surface area is 183 Å². The summed E-state index contributed by atoms with van der Waals surface area (Å²) in [5.41, 5.74) is 0.223. The molecule has 0 radical (unpaired) electrons. The number of aromatic nitrogens is 4. The zero-order valence-corrected chi connectivity index (χ0v) is 17.3. The maximum absolute atomic E-state index is 12.9. The van der Waals surface area contributed by atoms with E-state index in [1.165, 1.54) is 18.2 Å². The SMILES string of the molecule is COc1cccc(-c2cc(=O)[nH]c(SCc3nc(-c4cccc(C(F)(F)F)c4)no3)n2)c1. The van der Waals surface area contributed by atoms with Gasteiger partial charge in [0.15, 0.2) is 5.16 Å². The number of nitrogens with zero attached hydrogens (tertiary/aromatic N) is 3. The lowest BCUT2D eigenvalue weighted by Crippen LogP contribution is -2.08.